The van der Waals surface area contributed by atoms with Crippen molar-refractivity contribution in [3.63, 3.8) is 0 Å². The highest BCUT2D eigenvalue weighted by Gasteiger charge is 2.47. The fourth-order valence-electron chi connectivity index (χ4n) is 3.14. The van der Waals surface area contributed by atoms with Crippen LogP contribution in [0.4, 0.5) is 5.69 Å². The van der Waals surface area contributed by atoms with Gasteiger partial charge in [-0.2, -0.15) is 0 Å². The summed E-state index contributed by atoms with van der Waals surface area (Å²) in [5.41, 5.74) is 0.211. The molecular formula is C18H16Cl2N2O5. The van der Waals surface area contributed by atoms with Crippen molar-refractivity contribution in [3.05, 3.63) is 40.4 Å². The minimum Gasteiger partial charge on any atom is -0.454 e. The molecular weight excluding hydrogens is 395 g/mol. The summed E-state index contributed by atoms with van der Waals surface area (Å²) in [6, 6.07) is 4.72. The molecule has 1 saturated heterocycles. The molecule has 9 heteroatoms. The van der Waals surface area contributed by atoms with E-state index in [1.807, 2.05) is 12.2 Å². The molecule has 0 bridgehead atoms. The zero-order valence-electron chi connectivity index (χ0n) is 14.1. The van der Waals surface area contributed by atoms with Gasteiger partial charge in [-0.1, -0.05) is 41.4 Å². The molecule has 0 unspecified atom stereocenters. The predicted octanol–water partition coefficient (Wildman–Crippen LogP) is 2.43. The lowest BCUT2D eigenvalue weighted by atomic mass is 9.85. The predicted molar refractivity (Wildman–Crippen MR) is 98.1 cm³/mol. The van der Waals surface area contributed by atoms with E-state index in [-0.39, 0.29) is 27.5 Å². The molecule has 142 valence electrons. The van der Waals surface area contributed by atoms with E-state index in [0.29, 0.717) is 12.8 Å². The Hall–Kier alpha value is -2.38. The number of halogens is 2. The van der Waals surface area contributed by atoms with E-state index in [9.17, 15) is 19.2 Å². The SMILES string of the molecule is O=C(COC(=O)CN1C(=O)[C@@H]2CC=CC[C@H]2C1=O)Nc1c(Cl)cccc1Cl. The largest absolute Gasteiger partial charge is 0.454 e. The maximum atomic E-state index is 12.3. The van der Waals surface area contributed by atoms with E-state index < -0.39 is 36.9 Å². The number of benzene rings is 1. The number of ether oxygens (including phenoxy) is 1. The number of allylic oxidation sites excluding steroid dienone is 2. The number of rotatable bonds is 5. The van der Waals surface area contributed by atoms with Crippen molar-refractivity contribution in [3.8, 4) is 0 Å². The van der Waals surface area contributed by atoms with Crippen LogP contribution in [-0.2, 0) is 23.9 Å². The summed E-state index contributed by atoms with van der Waals surface area (Å²) in [4.78, 5) is 49.4. The van der Waals surface area contributed by atoms with E-state index >= 15 is 0 Å². The Morgan fingerprint density at radius 1 is 1.07 bits per heavy atom. The fourth-order valence-corrected chi connectivity index (χ4v) is 3.63. The number of imide groups is 1. The average Bonchev–Trinajstić information content (AvgIpc) is 2.88. The second kappa shape index (κ2) is 8.10. The lowest BCUT2D eigenvalue weighted by molar-refractivity contribution is -0.154. The highest BCUT2D eigenvalue weighted by molar-refractivity contribution is 6.39. The lowest BCUT2D eigenvalue weighted by Gasteiger charge is -2.14. The van der Waals surface area contributed by atoms with Crippen LogP contribution in [0.2, 0.25) is 10.0 Å². The van der Waals surface area contributed by atoms with Gasteiger partial charge in [0.05, 0.1) is 27.6 Å². The highest BCUT2D eigenvalue weighted by atomic mass is 35.5. The molecule has 0 radical (unpaired) electrons. The van der Waals surface area contributed by atoms with Gasteiger partial charge < -0.3 is 10.1 Å². The van der Waals surface area contributed by atoms with Crippen LogP contribution in [0.15, 0.2) is 30.4 Å². The third-order valence-corrected chi connectivity index (χ3v) is 5.11. The number of hydrogen-bond donors (Lipinski definition) is 1. The Morgan fingerprint density at radius 2 is 1.63 bits per heavy atom. The average molecular weight is 411 g/mol. The molecule has 3 amide bonds. The van der Waals surface area contributed by atoms with Crippen LogP contribution in [0.3, 0.4) is 0 Å². The Morgan fingerprint density at radius 3 is 2.19 bits per heavy atom. The van der Waals surface area contributed by atoms with Gasteiger partial charge in [0.1, 0.15) is 6.54 Å². The van der Waals surface area contributed by atoms with Gasteiger partial charge in [0.2, 0.25) is 11.8 Å². The molecule has 1 aromatic carbocycles. The Kier molecular flexibility index (Phi) is 5.82. The molecule has 2 atom stereocenters. The third kappa shape index (κ3) is 4.14. The number of carbonyl (C=O) groups is 4. The summed E-state index contributed by atoms with van der Waals surface area (Å²) < 4.78 is 4.87. The monoisotopic (exact) mass is 410 g/mol. The van der Waals surface area contributed by atoms with Crippen LogP contribution < -0.4 is 5.32 Å². The number of anilines is 1. The van der Waals surface area contributed by atoms with Crippen molar-refractivity contribution in [1.82, 2.24) is 4.90 Å². The van der Waals surface area contributed by atoms with Gasteiger partial charge in [0, 0.05) is 0 Å². The molecule has 27 heavy (non-hydrogen) atoms. The Balaban J connectivity index is 1.52. The van der Waals surface area contributed by atoms with Gasteiger partial charge in [0.15, 0.2) is 6.61 Å². The number of para-hydroxylation sites is 1. The van der Waals surface area contributed by atoms with Gasteiger partial charge in [-0.25, -0.2) is 0 Å². The van der Waals surface area contributed by atoms with Crippen molar-refractivity contribution in [2.75, 3.05) is 18.5 Å². The summed E-state index contributed by atoms with van der Waals surface area (Å²) in [5.74, 6) is -3.07. The quantitative estimate of drug-likeness (QED) is 0.457. The zero-order valence-corrected chi connectivity index (χ0v) is 15.6. The van der Waals surface area contributed by atoms with Gasteiger partial charge >= 0.3 is 5.97 Å². The molecule has 0 aromatic heterocycles. The van der Waals surface area contributed by atoms with Crippen molar-refractivity contribution in [1.29, 1.82) is 0 Å². The fraction of sp³-hybridized carbons (Fsp3) is 0.333. The lowest BCUT2D eigenvalue weighted by Crippen LogP contribution is -2.37. The molecule has 1 aliphatic heterocycles. The van der Waals surface area contributed by atoms with Crippen LogP contribution in [0.5, 0.6) is 0 Å². The van der Waals surface area contributed by atoms with E-state index in [4.69, 9.17) is 27.9 Å². The van der Waals surface area contributed by atoms with Crippen molar-refractivity contribution in [2.24, 2.45) is 11.8 Å². The van der Waals surface area contributed by atoms with Crippen LogP contribution in [0, 0.1) is 11.8 Å². The number of hydrogen-bond acceptors (Lipinski definition) is 5. The summed E-state index contributed by atoms with van der Waals surface area (Å²) in [5, 5.41) is 2.93. The van der Waals surface area contributed by atoms with E-state index in [0.717, 1.165) is 4.90 Å². The second-order valence-electron chi connectivity index (χ2n) is 6.22. The number of carbonyl (C=O) groups excluding carboxylic acids is 4. The van der Waals surface area contributed by atoms with Crippen LogP contribution in [-0.4, -0.2) is 41.7 Å². The Bertz CT molecular complexity index is 793. The standard InChI is InChI=1S/C18H16Cl2N2O5/c19-12-6-3-7-13(20)16(12)21-14(23)9-27-15(24)8-22-17(25)10-4-1-2-5-11(10)18(22)26/h1-3,6-7,10-11H,4-5,8-9H2,(H,21,23)/t10-,11-/m1/s1. The summed E-state index contributed by atoms with van der Waals surface area (Å²) in [6.45, 7) is -1.10. The molecule has 1 aromatic rings. The summed E-state index contributed by atoms with van der Waals surface area (Å²) in [6.07, 6.45) is 4.69. The smallest absolute Gasteiger partial charge is 0.326 e. The zero-order chi connectivity index (χ0) is 19.6. The second-order valence-corrected chi connectivity index (χ2v) is 7.04. The normalized spacial score (nSPS) is 21.2. The number of nitrogens with one attached hydrogen (secondary N) is 1. The van der Waals surface area contributed by atoms with Crippen LogP contribution in [0.1, 0.15) is 12.8 Å². The number of nitrogens with zero attached hydrogens (tertiary/aromatic N) is 1. The minimum atomic E-state index is -0.844. The summed E-state index contributed by atoms with van der Waals surface area (Å²) >= 11 is 11.9. The molecule has 2 aliphatic rings. The van der Waals surface area contributed by atoms with Gasteiger partial charge in [0.25, 0.3) is 5.91 Å². The highest BCUT2D eigenvalue weighted by Crippen LogP contribution is 2.35. The van der Waals surface area contributed by atoms with Crippen molar-refractivity contribution >= 4 is 52.6 Å². The number of fused-ring (bicyclic) bond motifs is 1. The number of likely N-dealkylation sites (tertiary alicyclic amines) is 1. The molecule has 1 fully saturated rings. The molecule has 1 heterocycles. The van der Waals surface area contributed by atoms with Crippen molar-refractivity contribution < 1.29 is 23.9 Å². The third-order valence-electron chi connectivity index (χ3n) is 4.48. The first-order chi connectivity index (χ1) is 12.9. The van der Waals surface area contributed by atoms with Gasteiger partial charge in [-0.15, -0.1) is 0 Å². The molecule has 0 spiro atoms. The maximum absolute atomic E-state index is 12.3. The van der Waals surface area contributed by atoms with Gasteiger partial charge in [-0.05, 0) is 25.0 Å². The van der Waals surface area contributed by atoms with Crippen molar-refractivity contribution in [2.45, 2.75) is 12.8 Å². The molecule has 7 nitrogen and oxygen atoms in total. The minimum absolute atomic E-state index is 0.211. The first kappa shape index (κ1) is 19.4. The molecule has 0 saturated carbocycles. The molecule has 3 rings (SSSR count). The first-order valence-corrected chi connectivity index (χ1v) is 9.03. The first-order valence-electron chi connectivity index (χ1n) is 8.28. The van der Waals surface area contributed by atoms with Gasteiger partial charge in [-0.3, -0.25) is 24.1 Å². The maximum Gasteiger partial charge on any atom is 0.326 e. The molecule has 1 aliphatic carbocycles. The number of amides is 3. The van der Waals surface area contributed by atoms with Crippen LogP contribution >= 0.6 is 23.2 Å². The van der Waals surface area contributed by atoms with E-state index in [2.05, 4.69) is 5.32 Å². The molecule has 1 N–H and O–H groups in total. The number of esters is 1. The van der Waals surface area contributed by atoms with E-state index in [1.54, 1.807) is 18.2 Å². The Labute approximate surface area is 165 Å². The van der Waals surface area contributed by atoms with Crippen LogP contribution in [0.25, 0.3) is 0 Å². The topological polar surface area (TPSA) is 92.8 Å². The summed E-state index contributed by atoms with van der Waals surface area (Å²) in [7, 11) is 0. The van der Waals surface area contributed by atoms with E-state index in [1.165, 1.54) is 0 Å².